The van der Waals surface area contributed by atoms with Crippen LogP contribution in [0.3, 0.4) is 0 Å². The van der Waals surface area contributed by atoms with Gasteiger partial charge < -0.3 is 5.11 Å². The van der Waals surface area contributed by atoms with Gasteiger partial charge in [0.1, 0.15) is 0 Å². The van der Waals surface area contributed by atoms with Crippen molar-refractivity contribution in [3.63, 3.8) is 0 Å². The normalized spacial score (nSPS) is 14.2. The first-order valence-corrected chi connectivity index (χ1v) is 9.32. The van der Waals surface area contributed by atoms with E-state index in [2.05, 4.69) is 4.99 Å². The number of nitrogens with zero attached hydrogens (tertiary/aromatic N) is 2. The molecule has 0 unspecified atom stereocenters. The molecule has 1 aliphatic heterocycles. The summed E-state index contributed by atoms with van der Waals surface area (Å²) in [6, 6.07) is 12.9. The van der Waals surface area contributed by atoms with Crippen LogP contribution in [0.25, 0.3) is 11.6 Å². The fourth-order valence-corrected chi connectivity index (χ4v) is 3.92. The van der Waals surface area contributed by atoms with Crippen molar-refractivity contribution < 1.29 is 5.11 Å². The SMILES string of the molecule is O=c1sc(/C=C2/C=Nc3ccccc32)c(O)n1Cc1ccc(Cl)c(Cl)c1. The minimum atomic E-state index is -0.247. The van der Waals surface area contributed by atoms with Crippen LogP contribution in [0.5, 0.6) is 5.88 Å². The average Bonchev–Trinajstić information content (AvgIpc) is 3.15. The molecular weight excluding hydrogens is 391 g/mol. The number of halogens is 2. The molecule has 2 aromatic carbocycles. The molecule has 0 atom stereocenters. The number of aromatic hydroxyl groups is 1. The molecule has 0 saturated heterocycles. The van der Waals surface area contributed by atoms with Crippen LogP contribution < -0.4 is 4.87 Å². The summed E-state index contributed by atoms with van der Waals surface area (Å²) in [5.74, 6) is -0.0728. The van der Waals surface area contributed by atoms with Crippen molar-refractivity contribution >= 4 is 58.1 Å². The Morgan fingerprint density at radius 2 is 1.96 bits per heavy atom. The number of thiazole rings is 1. The van der Waals surface area contributed by atoms with E-state index < -0.39 is 0 Å². The van der Waals surface area contributed by atoms with Gasteiger partial charge in [0.25, 0.3) is 0 Å². The van der Waals surface area contributed by atoms with Gasteiger partial charge in [-0.1, -0.05) is 58.8 Å². The summed E-state index contributed by atoms with van der Waals surface area (Å²) in [5.41, 5.74) is 3.49. The Balaban J connectivity index is 1.70. The Labute approximate surface area is 163 Å². The number of benzene rings is 2. The quantitative estimate of drug-likeness (QED) is 0.651. The highest BCUT2D eigenvalue weighted by Gasteiger charge is 2.16. The van der Waals surface area contributed by atoms with Gasteiger partial charge in [0.2, 0.25) is 5.88 Å². The summed E-state index contributed by atoms with van der Waals surface area (Å²) in [7, 11) is 0. The van der Waals surface area contributed by atoms with E-state index in [1.807, 2.05) is 24.3 Å². The lowest BCUT2D eigenvalue weighted by Crippen LogP contribution is -2.13. The van der Waals surface area contributed by atoms with Crippen LogP contribution in [0.2, 0.25) is 10.0 Å². The fraction of sp³-hybridized carbons (Fsp3) is 0.0526. The maximum absolute atomic E-state index is 12.3. The van der Waals surface area contributed by atoms with E-state index in [1.165, 1.54) is 4.57 Å². The van der Waals surface area contributed by atoms with E-state index in [0.29, 0.717) is 14.9 Å². The van der Waals surface area contributed by atoms with Crippen molar-refractivity contribution in [2.75, 3.05) is 0 Å². The molecule has 2 heterocycles. The Kier molecular flexibility index (Phi) is 4.44. The molecule has 0 radical (unpaired) electrons. The number of para-hydroxylation sites is 1. The van der Waals surface area contributed by atoms with Gasteiger partial charge in [0.15, 0.2) is 0 Å². The van der Waals surface area contributed by atoms with Gasteiger partial charge in [-0.3, -0.25) is 14.4 Å². The van der Waals surface area contributed by atoms with Gasteiger partial charge in [-0.2, -0.15) is 0 Å². The molecule has 1 aromatic heterocycles. The zero-order valence-electron chi connectivity index (χ0n) is 13.3. The first-order valence-electron chi connectivity index (χ1n) is 7.74. The van der Waals surface area contributed by atoms with Crippen LogP contribution in [0.15, 0.2) is 52.3 Å². The van der Waals surface area contributed by atoms with Crippen molar-refractivity contribution in [2.45, 2.75) is 6.54 Å². The molecule has 3 aromatic rings. The Morgan fingerprint density at radius 1 is 1.15 bits per heavy atom. The highest BCUT2D eigenvalue weighted by atomic mass is 35.5. The lowest BCUT2D eigenvalue weighted by atomic mass is 10.1. The Bertz CT molecular complexity index is 1130. The molecule has 0 amide bonds. The molecule has 1 aliphatic rings. The van der Waals surface area contributed by atoms with E-state index in [1.54, 1.807) is 30.5 Å². The van der Waals surface area contributed by atoms with E-state index in [0.717, 1.165) is 33.7 Å². The van der Waals surface area contributed by atoms with Crippen molar-refractivity contribution in [1.82, 2.24) is 4.57 Å². The first kappa shape index (κ1) is 17.1. The van der Waals surface area contributed by atoms with Gasteiger partial charge >= 0.3 is 4.87 Å². The largest absolute Gasteiger partial charge is 0.493 e. The number of rotatable bonds is 3. The molecule has 0 spiro atoms. The van der Waals surface area contributed by atoms with Crippen molar-refractivity contribution in [3.8, 4) is 5.88 Å². The van der Waals surface area contributed by atoms with Crippen molar-refractivity contribution in [2.24, 2.45) is 4.99 Å². The number of hydrogen-bond acceptors (Lipinski definition) is 4. The zero-order valence-corrected chi connectivity index (χ0v) is 15.6. The second kappa shape index (κ2) is 6.76. The van der Waals surface area contributed by atoms with E-state index in [-0.39, 0.29) is 17.3 Å². The maximum atomic E-state index is 12.3. The van der Waals surface area contributed by atoms with Crippen LogP contribution >= 0.6 is 34.5 Å². The van der Waals surface area contributed by atoms with Crippen molar-refractivity contribution in [1.29, 1.82) is 0 Å². The maximum Gasteiger partial charge on any atom is 0.310 e. The van der Waals surface area contributed by atoms with Gasteiger partial charge in [-0.05, 0) is 29.8 Å². The predicted octanol–water partition coefficient (Wildman–Crippen LogP) is 5.23. The number of aromatic nitrogens is 1. The van der Waals surface area contributed by atoms with Crippen LogP contribution in [-0.2, 0) is 6.54 Å². The average molecular weight is 403 g/mol. The van der Waals surface area contributed by atoms with Gasteiger partial charge in [0, 0.05) is 17.4 Å². The molecule has 1 N–H and O–H groups in total. The topological polar surface area (TPSA) is 54.6 Å². The molecule has 0 aliphatic carbocycles. The summed E-state index contributed by atoms with van der Waals surface area (Å²) in [5, 5.41) is 11.4. The van der Waals surface area contributed by atoms with Crippen LogP contribution in [-0.4, -0.2) is 15.9 Å². The monoisotopic (exact) mass is 402 g/mol. The highest BCUT2D eigenvalue weighted by molar-refractivity contribution is 7.10. The number of aliphatic imine (C=N–C) groups is 1. The second-order valence-electron chi connectivity index (χ2n) is 5.77. The number of hydrogen-bond donors (Lipinski definition) is 1. The molecule has 0 fully saturated rings. The van der Waals surface area contributed by atoms with E-state index in [9.17, 15) is 9.90 Å². The van der Waals surface area contributed by atoms with Crippen LogP contribution in [0.1, 0.15) is 16.0 Å². The first-order chi connectivity index (χ1) is 12.5. The molecule has 130 valence electrons. The lowest BCUT2D eigenvalue weighted by molar-refractivity contribution is 0.420. The van der Waals surface area contributed by atoms with E-state index >= 15 is 0 Å². The van der Waals surface area contributed by atoms with Gasteiger partial charge in [-0.15, -0.1) is 0 Å². The van der Waals surface area contributed by atoms with Crippen LogP contribution in [0.4, 0.5) is 5.69 Å². The minimum absolute atomic E-state index is 0.0728. The number of allylic oxidation sites excluding steroid dienone is 1. The predicted molar refractivity (Wildman–Crippen MR) is 108 cm³/mol. The summed E-state index contributed by atoms with van der Waals surface area (Å²) in [4.78, 5) is 16.9. The summed E-state index contributed by atoms with van der Waals surface area (Å²) in [6.45, 7) is 0.214. The Morgan fingerprint density at radius 3 is 2.77 bits per heavy atom. The zero-order chi connectivity index (χ0) is 18.3. The molecule has 7 heteroatoms. The van der Waals surface area contributed by atoms with Gasteiger partial charge in [-0.25, -0.2) is 0 Å². The van der Waals surface area contributed by atoms with Crippen molar-refractivity contribution in [3.05, 3.63) is 78.2 Å². The molecule has 0 saturated carbocycles. The number of fused-ring (bicyclic) bond motifs is 1. The van der Waals surface area contributed by atoms with Gasteiger partial charge in [0.05, 0.1) is 27.2 Å². The summed E-state index contributed by atoms with van der Waals surface area (Å²) in [6.07, 6.45) is 3.51. The lowest BCUT2D eigenvalue weighted by Gasteiger charge is -2.05. The highest BCUT2D eigenvalue weighted by Crippen LogP contribution is 2.34. The fourth-order valence-electron chi connectivity index (χ4n) is 2.76. The smallest absolute Gasteiger partial charge is 0.310 e. The molecule has 4 nitrogen and oxygen atoms in total. The molecular formula is C19H12Cl2N2O2S. The second-order valence-corrected chi connectivity index (χ2v) is 7.57. The molecule has 26 heavy (non-hydrogen) atoms. The third-order valence-corrected chi connectivity index (χ3v) is 5.72. The summed E-state index contributed by atoms with van der Waals surface area (Å²) < 4.78 is 1.31. The standard InChI is InChI=1S/C19H12Cl2N2O2S/c20-14-6-5-11(7-15(14)21)10-23-18(24)17(26-19(23)25)8-12-9-22-16-4-2-1-3-13(12)16/h1-9,24H,10H2/b12-8-. The molecule has 4 rings (SSSR count). The van der Waals surface area contributed by atoms with Crippen LogP contribution in [0, 0.1) is 0 Å². The minimum Gasteiger partial charge on any atom is -0.493 e. The molecule has 0 bridgehead atoms. The third kappa shape index (κ3) is 3.09. The third-order valence-electron chi connectivity index (χ3n) is 4.06. The Hall–Kier alpha value is -2.34. The van der Waals surface area contributed by atoms with E-state index in [4.69, 9.17) is 23.2 Å². The summed E-state index contributed by atoms with van der Waals surface area (Å²) >= 11 is 12.9.